The van der Waals surface area contributed by atoms with Crippen LogP contribution in [0.5, 0.6) is 0 Å². The van der Waals surface area contributed by atoms with Crippen molar-refractivity contribution >= 4 is 0 Å². The van der Waals surface area contributed by atoms with Crippen molar-refractivity contribution in [3.05, 3.63) is 35.4 Å². The number of aliphatic hydroxyl groups excluding tert-OH is 1. The van der Waals surface area contributed by atoms with Gasteiger partial charge in [-0.05, 0) is 18.9 Å². The molecule has 0 radical (unpaired) electrons. The van der Waals surface area contributed by atoms with Crippen molar-refractivity contribution in [3.63, 3.8) is 0 Å². The van der Waals surface area contributed by atoms with E-state index in [0.717, 1.165) is 17.5 Å². The Balaban J connectivity index is 2.27. The second-order valence-corrected chi connectivity index (χ2v) is 3.85. The first-order valence-corrected chi connectivity index (χ1v) is 5.55. The Hall–Kier alpha value is -0.900. The van der Waals surface area contributed by atoms with Crippen LogP contribution in [0.3, 0.4) is 0 Å². The molecule has 0 saturated carbocycles. The van der Waals surface area contributed by atoms with Gasteiger partial charge in [-0.15, -0.1) is 0 Å². The van der Waals surface area contributed by atoms with Crippen LogP contribution in [0, 0.1) is 6.92 Å². The van der Waals surface area contributed by atoms with Crippen molar-refractivity contribution in [2.75, 3.05) is 26.9 Å². The van der Waals surface area contributed by atoms with Gasteiger partial charge in [-0.25, -0.2) is 0 Å². The summed E-state index contributed by atoms with van der Waals surface area (Å²) in [5, 5.41) is 9.85. The van der Waals surface area contributed by atoms with E-state index in [4.69, 9.17) is 9.47 Å². The molecule has 1 N–H and O–H groups in total. The van der Waals surface area contributed by atoms with Crippen LogP contribution in [0.2, 0.25) is 0 Å². The van der Waals surface area contributed by atoms with E-state index < -0.39 is 6.10 Å². The molecule has 0 bridgehead atoms. The summed E-state index contributed by atoms with van der Waals surface area (Å²) < 4.78 is 10.3. The van der Waals surface area contributed by atoms with Gasteiger partial charge in [-0.1, -0.05) is 29.8 Å². The van der Waals surface area contributed by atoms with Gasteiger partial charge in [0, 0.05) is 20.3 Å². The lowest BCUT2D eigenvalue weighted by molar-refractivity contribution is 0.0279. The number of benzene rings is 1. The summed E-state index contributed by atoms with van der Waals surface area (Å²) in [6.45, 7) is 3.67. The van der Waals surface area contributed by atoms with E-state index in [1.54, 1.807) is 7.11 Å². The normalized spacial score (nSPS) is 12.7. The lowest BCUT2D eigenvalue weighted by atomic mass is 10.1. The van der Waals surface area contributed by atoms with Gasteiger partial charge in [0.25, 0.3) is 0 Å². The predicted octanol–water partition coefficient (Wildman–Crippen LogP) is 2.08. The van der Waals surface area contributed by atoms with Crippen LogP contribution in [0.4, 0.5) is 0 Å². The zero-order valence-corrected chi connectivity index (χ0v) is 9.98. The fourth-order valence-electron chi connectivity index (χ4n) is 1.47. The zero-order chi connectivity index (χ0) is 11.8. The highest BCUT2D eigenvalue weighted by Crippen LogP contribution is 2.14. The fourth-order valence-corrected chi connectivity index (χ4v) is 1.47. The summed E-state index contributed by atoms with van der Waals surface area (Å²) >= 11 is 0. The highest BCUT2D eigenvalue weighted by Gasteiger charge is 2.07. The number of aryl methyl sites for hydroxylation is 1. The van der Waals surface area contributed by atoms with Crippen LogP contribution in [0.15, 0.2) is 24.3 Å². The molecule has 16 heavy (non-hydrogen) atoms. The van der Waals surface area contributed by atoms with Gasteiger partial charge in [0.15, 0.2) is 0 Å². The molecule has 0 amide bonds. The maximum atomic E-state index is 9.85. The third-order valence-electron chi connectivity index (χ3n) is 2.34. The maximum Gasteiger partial charge on any atom is 0.102 e. The first kappa shape index (κ1) is 13.2. The van der Waals surface area contributed by atoms with Gasteiger partial charge < -0.3 is 14.6 Å². The van der Waals surface area contributed by atoms with Crippen LogP contribution in [0.25, 0.3) is 0 Å². The van der Waals surface area contributed by atoms with E-state index in [1.807, 2.05) is 31.2 Å². The minimum Gasteiger partial charge on any atom is -0.386 e. The lowest BCUT2D eigenvalue weighted by Gasteiger charge is -2.12. The van der Waals surface area contributed by atoms with Crippen molar-refractivity contribution in [1.82, 2.24) is 0 Å². The van der Waals surface area contributed by atoms with Crippen molar-refractivity contribution < 1.29 is 14.6 Å². The average molecular weight is 224 g/mol. The fraction of sp³-hybridized carbons (Fsp3) is 0.538. The zero-order valence-electron chi connectivity index (χ0n) is 9.98. The molecular formula is C13H20O3. The molecule has 1 rings (SSSR count). The van der Waals surface area contributed by atoms with E-state index in [9.17, 15) is 5.11 Å². The van der Waals surface area contributed by atoms with Crippen molar-refractivity contribution in [2.45, 2.75) is 19.4 Å². The topological polar surface area (TPSA) is 38.7 Å². The molecule has 90 valence electrons. The number of methoxy groups -OCH3 is 1. The first-order chi connectivity index (χ1) is 7.74. The monoisotopic (exact) mass is 224 g/mol. The SMILES string of the molecule is COCCCOCC(O)c1cccc(C)c1. The Morgan fingerprint density at radius 3 is 2.81 bits per heavy atom. The van der Waals surface area contributed by atoms with Crippen molar-refractivity contribution in [2.24, 2.45) is 0 Å². The molecule has 0 aromatic heterocycles. The molecule has 0 fully saturated rings. The van der Waals surface area contributed by atoms with Crippen molar-refractivity contribution in [1.29, 1.82) is 0 Å². The van der Waals surface area contributed by atoms with E-state index >= 15 is 0 Å². The number of rotatable bonds is 7. The molecule has 3 heteroatoms. The molecule has 0 heterocycles. The van der Waals surface area contributed by atoms with Gasteiger partial charge >= 0.3 is 0 Å². The molecule has 0 aliphatic carbocycles. The van der Waals surface area contributed by atoms with Crippen molar-refractivity contribution in [3.8, 4) is 0 Å². The van der Waals surface area contributed by atoms with Crippen LogP contribution in [-0.4, -0.2) is 32.0 Å². The Bertz CT molecular complexity index is 299. The highest BCUT2D eigenvalue weighted by molar-refractivity contribution is 5.23. The lowest BCUT2D eigenvalue weighted by Crippen LogP contribution is -2.09. The number of ether oxygens (including phenoxy) is 2. The van der Waals surface area contributed by atoms with E-state index in [0.29, 0.717) is 19.8 Å². The summed E-state index contributed by atoms with van der Waals surface area (Å²) in [6.07, 6.45) is 0.319. The molecule has 0 spiro atoms. The highest BCUT2D eigenvalue weighted by atomic mass is 16.5. The molecule has 1 atom stereocenters. The molecule has 0 aliphatic rings. The molecule has 1 aromatic carbocycles. The third kappa shape index (κ3) is 4.75. The van der Waals surface area contributed by atoms with E-state index in [2.05, 4.69) is 0 Å². The largest absolute Gasteiger partial charge is 0.386 e. The number of hydrogen-bond acceptors (Lipinski definition) is 3. The molecule has 0 saturated heterocycles. The quantitative estimate of drug-likeness (QED) is 0.721. The Morgan fingerprint density at radius 2 is 2.12 bits per heavy atom. The third-order valence-corrected chi connectivity index (χ3v) is 2.34. The summed E-state index contributed by atoms with van der Waals surface area (Å²) in [6, 6.07) is 7.84. The summed E-state index contributed by atoms with van der Waals surface area (Å²) in [4.78, 5) is 0. The summed E-state index contributed by atoms with van der Waals surface area (Å²) in [7, 11) is 1.67. The molecular weight excluding hydrogens is 204 g/mol. The first-order valence-electron chi connectivity index (χ1n) is 5.55. The molecule has 3 nitrogen and oxygen atoms in total. The second-order valence-electron chi connectivity index (χ2n) is 3.85. The van der Waals surface area contributed by atoms with Crippen LogP contribution < -0.4 is 0 Å². The predicted molar refractivity (Wildman–Crippen MR) is 63.5 cm³/mol. The summed E-state index contributed by atoms with van der Waals surface area (Å²) in [5.74, 6) is 0. The number of aliphatic hydroxyl groups is 1. The van der Waals surface area contributed by atoms with Crippen LogP contribution in [0.1, 0.15) is 23.7 Å². The van der Waals surface area contributed by atoms with Gasteiger partial charge in [-0.3, -0.25) is 0 Å². The van der Waals surface area contributed by atoms with Gasteiger partial charge in [0.2, 0.25) is 0 Å². The minimum atomic E-state index is -0.539. The van der Waals surface area contributed by atoms with Crippen LogP contribution >= 0.6 is 0 Å². The van der Waals surface area contributed by atoms with Gasteiger partial charge in [0.05, 0.1) is 6.61 Å². The standard InChI is InChI=1S/C13H20O3/c1-11-5-3-6-12(9-11)13(14)10-16-8-4-7-15-2/h3,5-6,9,13-14H,4,7-8,10H2,1-2H3. The van der Waals surface area contributed by atoms with E-state index in [1.165, 1.54) is 0 Å². The molecule has 1 unspecified atom stereocenters. The number of hydrogen-bond donors (Lipinski definition) is 1. The smallest absolute Gasteiger partial charge is 0.102 e. The Kier molecular flexibility index (Phi) is 6.08. The van der Waals surface area contributed by atoms with E-state index in [-0.39, 0.29) is 0 Å². The molecule has 1 aromatic rings. The maximum absolute atomic E-state index is 9.85. The van der Waals surface area contributed by atoms with Gasteiger partial charge in [0.1, 0.15) is 6.10 Å². The minimum absolute atomic E-state index is 0.340. The molecule has 0 aliphatic heterocycles. The van der Waals surface area contributed by atoms with Crippen LogP contribution in [-0.2, 0) is 9.47 Å². The summed E-state index contributed by atoms with van der Waals surface area (Å²) in [5.41, 5.74) is 2.06. The Labute approximate surface area is 97.0 Å². The Morgan fingerprint density at radius 1 is 1.31 bits per heavy atom. The average Bonchev–Trinajstić information content (AvgIpc) is 2.28. The second kappa shape index (κ2) is 7.39. The van der Waals surface area contributed by atoms with Gasteiger partial charge in [-0.2, -0.15) is 0 Å².